The maximum Gasteiger partial charge on any atom is 0.193 e. The van der Waals surface area contributed by atoms with Crippen LogP contribution in [-0.2, 0) is 0 Å². The van der Waals surface area contributed by atoms with Gasteiger partial charge in [-0.2, -0.15) is 0 Å². The molecule has 1 aromatic carbocycles. The fraction of sp³-hybridized carbons (Fsp3) is 0.231. The molecule has 1 unspecified atom stereocenters. The van der Waals surface area contributed by atoms with Gasteiger partial charge in [0, 0.05) is 10.0 Å². The van der Waals surface area contributed by atoms with Crippen LogP contribution in [0.15, 0.2) is 33.2 Å². The van der Waals surface area contributed by atoms with E-state index in [-0.39, 0.29) is 5.22 Å². The predicted octanol–water partition coefficient (Wildman–Crippen LogP) is 3.79. The summed E-state index contributed by atoms with van der Waals surface area (Å²) in [6.07, 6.45) is -0.943. The molecule has 1 heterocycles. The third-order valence-electron chi connectivity index (χ3n) is 2.66. The number of ether oxygens (including phenoxy) is 2. The van der Waals surface area contributed by atoms with Crippen molar-refractivity contribution in [1.82, 2.24) is 0 Å². The van der Waals surface area contributed by atoms with Gasteiger partial charge in [-0.15, -0.1) is 0 Å². The standard InChI is InChI=1S/C13H12BrClO4/c1-17-10-5-7(8(14)6-11(10)18-2)13(16)9-3-4-12(15)19-9/h3-6,13,16H,1-2H3. The molecular formula is C13H12BrClO4. The van der Waals surface area contributed by atoms with Gasteiger partial charge in [0.1, 0.15) is 11.9 Å². The second-order valence-corrected chi connectivity index (χ2v) is 5.00. The first-order valence-electron chi connectivity index (χ1n) is 5.41. The van der Waals surface area contributed by atoms with Crippen LogP contribution in [0.4, 0.5) is 0 Å². The number of furan rings is 1. The van der Waals surface area contributed by atoms with Crippen molar-refractivity contribution in [1.29, 1.82) is 0 Å². The zero-order valence-electron chi connectivity index (χ0n) is 10.3. The lowest BCUT2D eigenvalue weighted by Crippen LogP contribution is -2.01. The van der Waals surface area contributed by atoms with Crippen LogP contribution >= 0.6 is 27.5 Å². The highest BCUT2D eigenvalue weighted by molar-refractivity contribution is 9.10. The Morgan fingerprint density at radius 1 is 1.21 bits per heavy atom. The van der Waals surface area contributed by atoms with Gasteiger partial charge in [-0.05, 0) is 35.9 Å². The van der Waals surface area contributed by atoms with Crippen molar-refractivity contribution in [2.45, 2.75) is 6.10 Å². The van der Waals surface area contributed by atoms with E-state index in [1.54, 1.807) is 31.4 Å². The van der Waals surface area contributed by atoms with Gasteiger partial charge in [-0.25, -0.2) is 0 Å². The van der Waals surface area contributed by atoms with Crippen molar-refractivity contribution in [3.8, 4) is 11.5 Å². The van der Waals surface area contributed by atoms with Gasteiger partial charge in [0.05, 0.1) is 14.2 Å². The normalized spacial score (nSPS) is 12.3. The third-order valence-corrected chi connectivity index (χ3v) is 3.55. The molecule has 19 heavy (non-hydrogen) atoms. The molecule has 1 aromatic heterocycles. The second kappa shape index (κ2) is 5.86. The maximum absolute atomic E-state index is 10.3. The van der Waals surface area contributed by atoms with E-state index in [1.165, 1.54) is 7.11 Å². The average Bonchev–Trinajstić information content (AvgIpc) is 2.84. The van der Waals surface area contributed by atoms with Crippen LogP contribution in [0.5, 0.6) is 11.5 Å². The first-order valence-corrected chi connectivity index (χ1v) is 6.58. The topological polar surface area (TPSA) is 51.8 Å². The minimum atomic E-state index is -0.943. The highest BCUT2D eigenvalue weighted by atomic mass is 79.9. The van der Waals surface area contributed by atoms with Crippen molar-refractivity contribution in [2.24, 2.45) is 0 Å². The van der Waals surface area contributed by atoms with E-state index in [0.29, 0.717) is 27.3 Å². The summed E-state index contributed by atoms with van der Waals surface area (Å²) in [5.74, 6) is 1.46. The van der Waals surface area contributed by atoms with Crippen LogP contribution in [0.1, 0.15) is 17.4 Å². The molecule has 4 nitrogen and oxygen atoms in total. The smallest absolute Gasteiger partial charge is 0.193 e. The number of hydrogen-bond acceptors (Lipinski definition) is 4. The van der Waals surface area contributed by atoms with Crippen LogP contribution in [0.2, 0.25) is 5.22 Å². The predicted molar refractivity (Wildman–Crippen MR) is 75.0 cm³/mol. The fourth-order valence-corrected chi connectivity index (χ4v) is 2.40. The molecule has 2 aromatic rings. The minimum Gasteiger partial charge on any atom is -0.493 e. The Morgan fingerprint density at radius 3 is 2.37 bits per heavy atom. The summed E-state index contributed by atoms with van der Waals surface area (Å²) in [5, 5.41) is 10.5. The lowest BCUT2D eigenvalue weighted by Gasteiger charge is -2.14. The van der Waals surface area contributed by atoms with Crippen LogP contribution in [-0.4, -0.2) is 19.3 Å². The molecule has 0 aliphatic carbocycles. The molecule has 6 heteroatoms. The minimum absolute atomic E-state index is 0.227. The number of rotatable bonds is 4. The van der Waals surface area contributed by atoms with Gasteiger partial charge in [-0.3, -0.25) is 0 Å². The van der Waals surface area contributed by atoms with E-state index in [0.717, 1.165) is 0 Å². The highest BCUT2D eigenvalue weighted by Gasteiger charge is 2.20. The number of aliphatic hydroxyl groups excluding tert-OH is 1. The zero-order valence-corrected chi connectivity index (χ0v) is 12.7. The summed E-state index contributed by atoms with van der Waals surface area (Å²) in [4.78, 5) is 0. The molecule has 1 N–H and O–H groups in total. The van der Waals surface area contributed by atoms with Crippen molar-refractivity contribution in [3.05, 3.63) is 45.3 Å². The number of aliphatic hydroxyl groups is 1. The Hall–Kier alpha value is -1.17. The Morgan fingerprint density at radius 2 is 1.84 bits per heavy atom. The van der Waals surface area contributed by atoms with Crippen LogP contribution in [0.25, 0.3) is 0 Å². The van der Waals surface area contributed by atoms with E-state index in [1.807, 2.05) is 0 Å². The van der Waals surface area contributed by atoms with Gasteiger partial charge in [0.15, 0.2) is 16.7 Å². The summed E-state index contributed by atoms with van der Waals surface area (Å²) in [6, 6.07) is 6.61. The average molecular weight is 348 g/mol. The van der Waals surface area contributed by atoms with Crippen molar-refractivity contribution < 1.29 is 19.0 Å². The molecule has 0 amide bonds. The van der Waals surface area contributed by atoms with Crippen LogP contribution < -0.4 is 9.47 Å². The molecule has 0 saturated carbocycles. The first-order chi connectivity index (χ1) is 9.06. The van der Waals surface area contributed by atoms with E-state index in [9.17, 15) is 5.11 Å². The lowest BCUT2D eigenvalue weighted by atomic mass is 10.1. The number of halogens is 2. The Balaban J connectivity index is 2.44. The van der Waals surface area contributed by atoms with Gasteiger partial charge in [-0.1, -0.05) is 15.9 Å². The van der Waals surface area contributed by atoms with E-state index >= 15 is 0 Å². The number of methoxy groups -OCH3 is 2. The van der Waals surface area contributed by atoms with Gasteiger partial charge in [0.25, 0.3) is 0 Å². The molecule has 0 bridgehead atoms. The lowest BCUT2D eigenvalue weighted by molar-refractivity contribution is 0.188. The van der Waals surface area contributed by atoms with Crippen LogP contribution in [0.3, 0.4) is 0 Å². The fourth-order valence-electron chi connectivity index (χ4n) is 1.71. The molecule has 0 spiro atoms. The van der Waals surface area contributed by atoms with Crippen molar-refractivity contribution in [3.63, 3.8) is 0 Å². The Labute approximate surface area is 124 Å². The largest absolute Gasteiger partial charge is 0.493 e. The van der Waals surface area contributed by atoms with E-state index < -0.39 is 6.10 Å². The maximum atomic E-state index is 10.3. The molecule has 1 atom stereocenters. The molecule has 0 radical (unpaired) electrons. The molecule has 0 saturated heterocycles. The quantitative estimate of drug-likeness (QED) is 0.914. The molecule has 2 rings (SSSR count). The summed E-state index contributed by atoms with van der Waals surface area (Å²) in [5.41, 5.74) is 0.601. The van der Waals surface area contributed by atoms with Gasteiger partial charge in [0.2, 0.25) is 0 Å². The summed E-state index contributed by atoms with van der Waals surface area (Å²) < 4.78 is 16.3. The molecule has 0 aliphatic heterocycles. The van der Waals surface area contributed by atoms with Crippen LogP contribution in [0, 0.1) is 0 Å². The monoisotopic (exact) mass is 346 g/mol. The van der Waals surface area contributed by atoms with E-state index in [2.05, 4.69) is 15.9 Å². The van der Waals surface area contributed by atoms with Crippen molar-refractivity contribution >= 4 is 27.5 Å². The highest BCUT2D eigenvalue weighted by Crippen LogP contribution is 2.38. The molecule has 0 aliphatic rings. The second-order valence-electron chi connectivity index (χ2n) is 3.77. The number of benzene rings is 1. The van der Waals surface area contributed by atoms with Gasteiger partial charge >= 0.3 is 0 Å². The Bertz CT molecular complexity index is 582. The Kier molecular flexibility index (Phi) is 4.39. The summed E-state index contributed by atoms with van der Waals surface area (Å²) in [6.45, 7) is 0. The molecule has 102 valence electrons. The zero-order chi connectivity index (χ0) is 14.0. The SMILES string of the molecule is COc1cc(Br)c(C(O)c2ccc(Cl)o2)cc1OC. The molecular weight excluding hydrogens is 335 g/mol. The first kappa shape index (κ1) is 14.2. The third kappa shape index (κ3) is 2.88. The molecule has 0 fully saturated rings. The van der Waals surface area contributed by atoms with E-state index in [4.69, 9.17) is 25.5 Å². The summed E-state index contributed by atoms with van der Waals surface area (Å²) >= 11 is 9.09. The number of hydrogen-bond donors (Lipinski definition) is 1. The van der Waals surface area contributed by atoms with Crippen molar-refractivity contribution in [2.75, 3.05) is 14.2 Å². The van der Waals surface area contributed by atoms with Gasteiger partial charge < -0.3 is 19.0 Å². The summed E-state index contributed by atoms with van der Waals surface area (Å²) in [7, 11) is 3.08.